The van der Waals surface area contributed by atoms with Crippen molar-refractivity contribution in [2.45, 2.75) is 35.5 Å². The van der Waals surface area contributed by atoms with E-state index in [1.54, 1.807) is 47.8 Å². The van der Waals surface area contributed by atoms with Crippen LogP contribution in [0.5, 0.6) is 11.5 Å². The van der Waals surface area contributed by atoms with Crippen LogP contribution in [0.3, 0.4) is 0 Å². The predicted molar refractivity (Wildman–Crippen MR) is 106 cm³/mol. The van der Waals surface area contributed by atoms with Gasteiger partial charge in [-0.1, -0.05) is 36.0 Å². The van der Waals surface area contributed by atoms with E-state index in [9.17, 15) is 10.2 Å². The maximum atomic E-state index is 9.38. The molecular weight excluding hydrogens is 383 g/mol. The average molecular weight is 403 g/mol. The van der Waals surface area contributed by atoms with E-state index >= 15 is 0 Å². The number of aromatic hydroxyl groups is 2. The molecular formula is C18H20Cl2O2S2. The Morgan fingerprint density at radius 2 is 1.08 bits per heavy atom. The van der Waals surface area contributed by atoms with Crippen LogP contribution in [-0.4, -0.2) is 21.7 Å². The van der Waals surface area contributed by atoms with Crippen molar-refractivity contribution in [2.75, 3.05) is 11.5 Å². The maximum Gasteiger partial charge on any atom is 0.134 e. The van der Waals surface area contributed by atoms with Crippen LogP contribution in [-0.2, 0) is 0 Å². The van der Waals surface area contributed by atoms with Gasteiger partial charge in [0.15, 0.2) is 0 Å². The van der Waals surface area contributed by atoms with Crippen molar-refractivity contribution in [3.63, 3.8) is 0 Å². The molecule has 0 atom stereocenters. The number of phenols is 2. The fourth-order valence-electron chi connectivity index (χ4n) is 2.09. The molecule has 0 heterocycles. The van der Waals surface area contributed by atoms with Gasteiger partial charge in [-0.3, -0.25) is 0 Å². The van der Waals surface area contributed by atoms with Crippen molar-refractivity contribution in [1.29, 1.82) is 0 Å². The molecule has 2 aromatic carbocycles. The van der Waals surface area contributed by atoms with Crippen LogP contribution in [0, 0.1) is 0 Å². The normalized spacial score (nSPS) is 10.9. The van der Waals surface area contributed by atoms with E-state index in [0.29, 0.717) is 10.0 Å². The molecule has 130 valence electrons. The van der Waals surface area contributed by atoms with Crippen molar-refractivity contribution in [2.24, 2.45) is 0 Å². The molecule has 0 unspecified atom stereocenters. The number of hydrogen-bond acceptors (Lipinski definition) is 4. The van der Waals surface area contributed by atoms with Gasteiger partial charge in [-0.15, -0.1) is 23.5 Å². The minimum Gasteiger partial charge on any atom is -0.506 e. The van der Waals surface area contributed by atoms with Crippen LogP contribution in [0.4, 0.5) is 0 Å². The molecule has 0 aliphatic rings. The number of unbranched alkanes of at least 4 members (excludes halogenated alkanes) is 3. The molecule has 24 heavy (non-hydrogen) atoms. The van der Waals surface area contributed by atoms with E-state index in [2.05, 4.69) is 0 Å². The van der Waals surface area contributed by atoms with E-state index in [0.717, 1.165) is 21.3 Å². The van der Waals surface area contributed by atoms with Crippen LogP contribution in [0.1, 0.15) is 25.7 Å². The van der Waals surface area contributed by atoms with E-state index < -0.39 is 0 Å². The summed E-state index contributed by atoms with van der Waals surface area (Å²) in [6.07, 6.45) is 4.74. The zero-order valence-corrected chi connectivity index (χ0v) is 16.3. The summed E-state index contributed by atoms with van der Waals surface area (Å²) in [5.41, 5.74) is 0. The molecule has 0 aromatic heterocycles. The van der Waals surface area contributed by atoms with Crippen molar-refractivity contribution in [3.8, 4) is 11.5 Å². The highest BCUT2D eigenvalue weighted by Gasteiger charge is 2.02. The molecule has 0 saturated carbocycles. The molecule has 0 aliphatic heterocycles. The monoisotopic (exact) mass is 402 g/mol. The molecule has 0 aliphatic carbocycles. The van der Waals surface area contributed by atoms with Gasteiger partial charge >= 0.3 is 0 Å². The quantitative estimate of drug-likeness (QED) is 0.355. The largest absolute Gasteiger partial charge is 0.506 e. The van der Waals surface area contributed by atoms with Gasteiger partial charge in [-0.2, -0.15) is 0 Å². The number of halogens is 2. The number of benzene rings is 2. The fourth-order valence-corrected chi connectivity index (χ4v) is 4.48. The third kappa shape index (κ3) is 6.67. The summed E-state index contributed by atoms with van der Waals surface area (Å²) in [5.74, 6) is 2.38. The number of thioether (sulfide) groups is 2. The van der Waals surface area contributed by atoms with Gasteiger partial charge in [-0.25, -0.2) is 0 Å². The van der Waals surface area contributed by atoms with E-state index in [-0.39, 0.29) is 11.5 Å². The van der Waals surface area contributed by atoms with Gasteiger partial charge in [0.2, 0.25) is 0 Å². The van der Waals surface area contributed by atoms with Gasteiger partial charge in [0.25, 0.3) is 0 Å². The van der Waals surface area contributed by atoms with Crippen LogP contribution in [0.25, 0.3) is 0 Å². The summed E-state index contributed by atoms with van der Waals surface area (Å²) in [6, 6.07) is 10.7. The smallest absolute Gasteiger partial charge is 0.134 e. The molecule has 2 N–H and O–H groups in total. The molecule has 2 rings (SSSR count). The lowest BCUT2D eigenvalue weighted by atomic mass is 10.2. The molecule has 0 saturated heterocycles. The highest BCUT2D eigenvalue weighted by molar-refractivity contribution is 7.99. The minimum atomic E-state index is 0.133. The molecule has 0 fully saturated rings. The lowest BCUT2D eigenvalue weighted by molar-refractivity contribution is 0.474. The summed E-state index contributed by atoms with van der Waals surface area (Å²) in [6.45, 7) is 0. The Balaban J connectivity index is 1.53. The SMILES string of the molecule is Oc1ccc(SCCCCCCSc2ccc(O)c(Cl)c2)cc1Cl. The second-order valence-electron chi connectivity index (χ2n) is 5.34. The second-order valence-corrected chi connectivity index (χ2v) is 8.49. The second kappa shape index (κ2) is 10.3. The molecule has 2 nitrogen and oxygen atoms in total. The first-order valence-electron chi connectivity index (χ1n) is 7.79. The molecule has 0 bridgehead atoms. The first kappa shape index (κ1) is 19.6. The predicted octanol–water partition coefficient (Wildman–Crippen LogP) is 6.85. The zero-order chi connectivity index (χ0) is 17.4. The molecule has 0 spiro atoms. The highest BCUT2D eigenvalue weighted by atomic mass is 35.5. The van der Waals surface area contributed by atoms with Gasteiger partial charge < -0.3 is 10.2 Å². The standard InChI is InChI=1S/C18H20Cl2O2S2/c19-15-11-13(5-7-17(15)21)23-9-3-1-2-4-10-24-14-6-8-18(22)16(20)12-14/h5-8,11-12,21-22H,1-4,9-10H2. The van der Waals surface area contributed by atoms with Gasteiger partial charge in [0.1, 0.15) is 11.5 Å². The van der Waals surface area contributed by atoms with Crippen molar-refractivity contribution in [1.82, 2.24) is 0 Å². The lowest BCUT2D eigenvalue weighted by Crippen LogP contribution is -1.85. The van der Waals surface area contributed by atoms with Crippen LogP contribution >= 0.6 is 46.7 Å². The maximum absolute atomic E-state index is 9.38. The summed E-state index contributed by atoms with van der Waals surface area (Å²) < 4.78 is 0. The molecule has 0 radical (unpaired) electrons. The third-order valence-electron chi connectivity index (χ3n) is 3.41. The number of phenolic OH excluding ortho intramolecular Hbond substituents is 2. The van der Waals surface area contributed by atoms with E-state index in [1.165, 1.54) is 25.7 Å². The Morgan fingerprint density at radius 1 is 0.667 bits per heavy atom. The minimum absolute atomic E-state index is 0.133. The van der Waals surface area contributed by atoms with Crippen molar-refractivity contribution in [3.05, 3.63) is 46.4 Å². The first-order chi connectivity index (χ1) is 11.6. The molecule has 0 amide bonds. The Labute approximate surface area is 161 Å². The van der Waals surface area contributed by atoms with Gasteiger partial charge in [0.05, 0.1) is 10.0 Å². The van der Waals surface area contributed by atoms with Crippen LogP contribution in [0.15, 0.2) is 46.2 Å². The van der Waals surface area contributed by atoms with Crippen LogP contribution in [0.2, 0.25) is 10.0 Å². The number of rotatable bonds is 9. The molecule has 2 aromatic rings. The Hall–Kier alpha value is -0.680. The van der Waals surface area contributed by atoms with E-state index in [4.69, 9.17) is 23.2 Å². The third-order valence-corrected chi connectivity index (χ3v) is 6.18. The fraction of sp³-hybridized carbons (Fsp3) is 0.333. The summed E-state index contributed by atoms with van der Waals surface area (Å²) in [4.78, 5) is 2.19. The van der Waals surface area contributed by atoms with Crippen molar-refractivity contribution >= 4 is 46.7 Å². The lowest BCUT2D eigenvalue weighted by Gasteiger charge is -2.05. The summed E-state index contributed by atoms with van der Waals surface area (Å²) in [5, 5.41) is 19.6. The highest BCUT2D eigenvalue weighted by Crippen LogP contribution is 2.30. The van der Waals surface area contributed by atoms with E-state index in [1.807, 2.05) is 12.1 Å². The Bertz CT molecular complexity index is 608. The topological polar surface area (TPSA) is 40.5 Å². The van der Waals surface area contributed by atoms with Crippen molar-refractivity contribution < 1.29 is 10.2 Å². The number of hydrogen-bond donors (Lipinski definition) is 2. The Kier molecular flexibility index (Phi) is 8.46. The zero-order valence-electron chi connectivity index (χ0n) is 13.2. The van der Waals surface area contributed by atoms with Crippen LogP contribution < -0.4 is 0 Å². The molecule has 6 heteroatoms. The summed E-state index contributed by atoms with van der Waals surface area (Å²) >= 11 is 15.3. The Morgan fingerprint density at radius 3 is 1.46 bits per heavy atom. The summed E-state index contributed by atoms with van der Waals surface area (Å²) in [7, 11) is 0. The van der Waals surface area contributed by atoms with Gasteiger partial charge in [0, 0.05) is 9.79 Å². The first-order valence-corrected chi connectivity index (χ1v) is 10.5. The average Bonchev–Trinajstić information content (AvgIpc) is 2.56. The van der Waals surface area contributed by atoms with Gasteiger partial charge in [-0.05, 0) is 60.7 Å².